The Labute approximate surface area is 129 Å². The van der Waals surface area contributed by atoms with Crippen LogP contribution in [0, 0.1) is 0 Å². The lowest BCUT2D eigenvalue weighted by Gasteiger charge is -1.97. The van der Waals surface area contributed by atoms with Crippen molar-refractivity contribution in [2.75, 3.05) is 0 Å². The van der Waals surface area contributed by atoms with E-state index in [1.54, 1.807) is 22.2 Å². The molecular formula is C15H12N6S. The van der Waals surface area contributed by atoms with Crippen molar-refractivity contribution < 1.29 is 0 Å². The second kappa shape index (κ2) is 4.48. The molecule has 0 atom stereocenters. The average Bonchev–Trinajstić information content (AvgIpc) is 3.30. The van der Waals surface area contributed by atoms with Crippen molar-refractivity contribution in [3.8, 4) is 22.8 Å². The molecule has 0 aromatic carbocycles. The molecule has 0 spiro atoms. The Hall–Kier alpha value is -2.54. The summed E-state index contributed by atoms with van der Waals surface area (Å²) >= 11 is 1.66. The molecule has 4 aromatic heterocycles. The highest BCUT2D eigenvalue weighted by Crippen LogP contribution is 2.26. The van der Waals surface area contributed by atoms with E-state index in [1.165, 1.54) is 5.56 Å². The minimum Gasteiger partial charge on any atom is -0.274 e. The molecule has 22 heavy (non-hydrogen) atoms. The summed E-state index contributed by atoms with van der Waals surface area (Å²) in [5, 5.41) is 16.0. The Morgan fingerprint density at radius 3 is 3.18 bits per heavy atom. The lowest BCUT2D eigenvalue weighted by molar-refractivity contribution is 0.887. The molecule has 108 valence electrons. The molecule has 5 rings (SSSR count). The van der Waals surface area contributed by atoms with E-state index in [2.05, 4.69) is 31.7 Å². The first-order valence-electron chi connectivity index (χ1n) is 7.20. The molecule has 0 unspecified atom stereocenters. The van der Waals surface area contributed by atoms with E-state index in [0.29, 0.717) is 5.82 Å². The van der Waals surface area contributed by atoms with Gasteiger partial charge >= 0.3 is 0 Å². The predicted molar refractivity (Wildman–Crippen MR) is 83.7 cm³/mol. The number of aromatic nitrogens is 6. The molecule has 7 heteroatoms. The van der Waals surface area contributed by atoms with Crippen molar-refractivity contribution in [1.82, 2.24) is 29.8 Å². The van der Waals surface area contributed by atoms with E-state index < -0.39 is 0 Å². The molecule has 0 amide bonds. The summed E-state index contributed by atoms with van der Waals surface area (Å²) in [6, 6.07) is 4.04. The van der Waals surface area contributed by atoms with Crippen LogP contribution < -0.4 is 0 Å². The van der Waals surface area contributed by atoms with Crippen LogP contribution in [0.15, 0.2) is 29.2 Å². The van der Waals surface area contributed by atoms with E-state index in [1.807, 2.05) is 11.4 Å². The van der Waals surface area contributed by atoms with E-state index >= 15 is 0 Å². The number of nitrogens with zero attached hydrogens (tertiary/aromatic N) is 5. The summed E-state index contributed by atoms with van der Waals surface area (Å²) in [6.45, 7) is 0. The van der Waals surface area contributed by atoms with Crippen LogP contribution in [0.3, 0.4) is 0 Å². The fourth-order valence-electron chi connectivity index (χ4n) is 2.95. The standard InChI is InChI=1S/C15H12N6S/c1-2-10-11(3-1)16-8-21-15(10)17-14(20-21)13-6-12(18-19-13)9-4-5-22-7-9/h4-8H,1-3H2,(H,18,19). The van der Waals surface area contributed by atoms with Gasteiger partial charge in [0.15, 0.2) is 11.5 Å². The number of thiophene rings is 1. The predicted octanol–water partition coefficient (Wildman–Crippen LogP) is 2.73. The number of hydrogen-bond donors (Lipinski definition) is 1. The maximum atomic E-state index is 4.69. The van der Waals surface area contributed by atoms with E-state index in [0.717, 1.165) is 47.6 Å². The third-order valence-electron chi connectivity index (χ3n) is 4.05. The summed E-state index contributed by atoms with van der Waals surface area (Å²) in [4.78, 5) is 9.17. The van der Waals surface area contributed by atoms with Gasteiger partial charge in [0.05, 0.1) is 5.69 Å². The fourth-order valence-corrected chi connectivity index (χ4v) is 3.60. The maximum absolute atomic E-state index is 4.69. The summed E-state index contributed by atoms with van der Waals surface area (Å²) < 4.78 is 1.77. The van der Waals surface area contributed by atoms with Gasteiger partial charge in [-0.1, -0.05) is 0 Å². The molecule has 0 radical (unpaired) electrons. The van der Waals surface area contributed by atoms with Crippen LogP contribution in [0.25, 0.3) is 28.4 Å². The third kappa shape index (κ3) is 1.72. The molecule has 0 aliphatic heterocycles. The van der Waals surface area contributed by atoms with Gasteiger partial charge in [0.25, 0.3) is 0 Å². The molecular weight excluding hydrogens is 296 g/mol. The highest BCUT2D eigenvalue weighted by atomic mass is 32.1. The number of hydrogen-bond acceptors (Lipinski definition) is 5. The van der Waals surface area contributed by atoms with Crippen molar-refractivity contribution >= 4 is 17.0 Å². The Morgan fingerprint density at radius 2 is 2.27 bits per heavy atom. The summed E-state index contributed by atoms with van der Waals surface area (Å²) in [6.07, 6.45) is 4.98. The summed E-state index contributed by atoms with van der Waals surface area (Å²) in [5.74, 6) is 0.663. The first-order valence-corrected chi connectivity index (χ1v) is 8.14. The largest absolute Gasteiger partial charge is 0.274 e. The monoisotopic (exact) mass is 308 g/mol. The van der Waals surface area contributed by atoms with Crippen LogP contribution in [0.4, 0.5) is 0 Å². The van der Waals surface area contributed by atoms with Gasteiger partial charge in [-0.25, -0.2) is 14.5 Å². The van der Waals surface area contributed by atoms with Gasteiger partial charge in [-0.05, 0) is 36.8 Å². The van der Waals surface area contributed by atoms with Gasteiger partial charge in [0.1, 0.15) is 12.0 Å². The van der Waals surface area contributed by atoms with Crippen LogP contribution in [-0.2, 0) is 12.8 Å². The molecule has 0 saturated heterocycles. The van der Waals surface area contributed by atoms with Crippen molar-refractivity contribution in [1.29, 1.82) is 0 Å². The van der Waals surface area contributed by atoms with Gasteiger partial charge in [-0.15, -0.1) is 5.10 Å². The van der Waals surface area contributed by atoms with Crippen LogP contribution in [-0.4, -0.2) is 29.8 Å². The minimum atomic E-state index is 0.663. The lowest BCUT2D eigenvalue weighted by Crippen LogP contribution is -1.96. The topological polar surface area (TPSA) is 71.8 Å². The molecule has 0 bridgehead atoms. The lowest BCUT2D eigenvalue weighted by atomic mass is 10.2. The zero-order chi connectivity index (χ0) is 14.5. The fraction of sp³-hybridized carbons (Fsp3) is 0.200. The SMILES string of the molecule is c1cc(-c2cc(-c3nc4c5c(ncn4n3)CCC5)[nH]n2)cs1. The Morgan fingerprint density at radius 1 is 1.27 bits per heavy atom. The van der Waals surface area contributed by atoms with Gasteiger partial charge in [-0.2, -0.15) is 16.4 Å². The van der Waals surface area contributed by atoms with Crippen LogP contribution >= 0.6 is 11.3 Å². The molecule has 4 heterocycles. The number of aromatic amines is 1. The smallest absolute Gasteiger partial charge is 0.200 e. The number of aryl methyl sites for hydroxylation is 2. The molecule has 1 aliphatic carbocycles. The molecule has 0 fully saturated rings. The van der Waals surface area contributed by atoms with Gasteiger partial charge in [0.2, 0.25) is 0 Å². The summed E-state index contributed by atoms with van der Waals surface area (Å²) in [5.41, 5.74) is 6.17. The first kappa shape index (κ1) is 12.0. The van der Waals surface area contributed by atoms with Crippen molar-refractivity contribution in [3.05, 3.63) is 40.5 Å². The maximum Gasteiger partial charge on any atom is 0.200 e. The summed E-state index contributed by atoms with van der Waals surface area (Å²) in [7, 11) is 0. The Kier molecular flexibility index (Phi) is 2.45. The quantitative estimate of drug-likeness (QED) is 0.618. The zero-order valence-electron chi connectivity index (χ0n) is 11.7. The first-order chi connectivity index (χ1) is 10.9. The number of nitrogens with one attached hydrogen (secondary N) is 1. The normalized spacial score (nSPS) is 13.8. The van der Waals surface area contributed by atoms with E-state index in [9.17, 15) is 0 Å². The van der Waals surface area contributed by atoms with Crippen LogP contribution in [0.2, 0.25) is 0 Å². The van der Waals surface area contributed by atoms with E-state index in [-0.39, 0.29) is 0 Å². The number of rotatable bonds is 2. The van der Waals surface area contributed by atoms with Gasteiger partial charge in [0, 0.05) is 22.2 Å². The minimum absolute atomic E-state index is 0.663. The molecule has 6 nitrogen and oxygen atoms in total. The zero-order valence-corrected chi connectivity index (χ0v) is 12.5. The number of fused-ring (bicyclic) bond motifs is 3. The van der Waals surface area contributed by atoms with Crippen LogP contribution in [0.1, 0.15) is 17.7 Å². The molecule has 1 aliphatic rings. The van der Waals surface area contributed by atoms with Crippen molar-refractivity contribution in [3.63, 3.8) is 0 Å². The second-order valence-corrected chi connectivity index (χ2v) is 6.19. The van der Waals surface area contributed by atoms with Crippen molar-refractivity contribution in [2.45, 2.75) is 19.3 Å². The van der Waals surface area contributed by atoms with Gasteiger partial charge < -0.3 is 0 Å². The van der Waals surface area contributed by atoms with Crippen LogP contribution in [0.5, 0.6) is 0 Å². The highest BCUT2D eigenvalue weighted by Gasteiger charge is 2.19. The Bertz CT molecular complexity index is 965. The average molecular weight is 308 g/mol. The third-order valence-corrected chi connectivity index (χ3v) is 4.73. The van der Waals surface area contributed by atoms with Crippen molar-refractivity contribution in [2.24, 2.45) is 0 Å². The Balaban J connectivity index is 1.62. The number of H-pyrrole nitrogens is 1. The van der Waals surface area contributed by atoms with E-state index in [4.69, 9.17) is 4.98 Å². The highest BCUT2D eigenvalue weighted by molar-refractivity contribution is 7.08. The second-order valence-electron chi connectivity index (χ2n) is 5.41. The molecule has 4 aromatic rings. The van der Waals surface area contributed by atoms with Gasteiger partial charge in [-0.3, -0.25) is 5.10 Å². The molecule has 0 saturated carbocycles. The molecule has 1 N–H and O–H groups in total.